The first-order valence-corrected chi connectivity index (χ1v) is 6.42. The van der Waals surface area contributed by atoms with E-state index in [1.54, 1.807) is 12.1 Å². The third-order valence-electron chi connectivity index (χ3n) is 3.79. The van der Waals surface area contributed by atoms with Gasteiger partial charge in [0.05, 0.1) is 11.7 Å². The maximum Gasteiger partial charge on any atom is 0.338 e. The molecule has 4 atom stereocenters. The molecule has 3 rings (SSSR count). The zero-order valence-corrected chi connectivity index (χ0v) is 10.1. The van der Waals surface area contributed by atoms with E-state index in [0.717, 1.165) is 12.8 Å². The molecule has 0 aromatic heterocycles. The van der Waals surface area contributed by atoms with E-state index in [-0.39, 0.29) is 30.3 Å². The van der Waals surface area contributed by atoms with Crippen molar-refractivity contribution in [1.82, 2.24) is 5.32 Å². The fourth-order valence-corrected chi connectivity index (χ4v) is 2.91. The normalized spacial score (nSPS) is 34.3. The van der Waals surface area contributed by atoms with Crippen molar-refractivity contribution in [2.24, 2.45) is 0 Å². The summed E-state index contributed by atoms with van der Waals surface area (Å²) in [4.78, 5) is 11.9. The molecule has 4 heteroatoms. The van der Waals surface area contributed by atoms with E-state index in [2.05, 4.69) is 5.32 Å². The molecule has 1 aromatic carbocycles. The lowest BCUT2D eigenvalue weighted by atomic mass is 10.0. The monoisotopic (exact) mass is 247 g/mol. The van der Waals surface area contributed by atoms with Crippen LogP contribution in [0.2, 0.25) is 0 Å². The lowest BCUT2D eigenvalue weighted by Gasteiger charge is -2.29. The van der Waals surface area contributed by atoms with Gasteiger partial charge >= 0.3 is 5.97 Å². The maximum atomic E-state index is 11.9. The highest BCUT2D eigenvalue weighted by molar-refractivity contribution is 5.89. The van der Waals surface area contributed by atoms with Crippen LogP contribution in [0.1, 0.15) is 29.6 Å². The van der Waals surface area contributed by atoms with E-state index in [9.17, 15) is 9.90 Å². The van der Waals surface area contributed by atoms with Crippen LogP contribution in [0, 0.1) is 0 Å². The average Bonchev–Trinajstić information content (AvgIpc) is 2.64. The van der Waals surface area contributed by atoms with Gasteiger partial charge in [-0.1, -0.05) is 18.2 Å². The van der Waals surface area contributed by atoms with Crippen molar-refractivity contribution >= 4 is 5.97 Å². The van der Waals surface area contributed by atoms with E-state index in [1.165, 1.54) is 0 Å². The van der Waals surface area contributed by atoms with Crippen LogP contribution in [0.25, 0.3) is 0 Å². The number of fused-ring (bicyclic) bond motifs is 2. The minimum atomic E-state index is -0.296. The molecule has 0 amide bonds. The van der Waals surface area contributed by atoms with Crippen LogP contribution in [0.4, 0.5) is 0 Å². The fraction of sp³-hybridized carbons (Fsp3) is 0.500. The number of nitrogens with one attached hydrogen (secondary N) is 1. The molecule has 4 nitrogen and oxygen atoms in total. The molecule has 18 heavy (non-hydrogen) atoms. The number of rotatable bonds is 2. The van der Waals surface area contributed by atoms with Gasteiger partial charge in [0.1, 0.15) is 6.10 Å². The molecule has 0 spiro atoms. The lowest BCUT2D eigenvalue weighted by molar-refractivity contribution is 0.0147. The number of ether oxygens (including phenoxy) is 1. The van der Waals surface area contributed by atoms with E-state index in [1.807, 2.05) is 18.2 Å². The first kappa shape index (κ1) is 11.7. The van der Waals surface area contributed by atoms with Crippen LogP contribution in [0.5, 0.6) is 0 Å². The molecule has 2 saturated heterocycles. The number of piperidine rings is 1. The number of aliphatic hydroxyl groups is 1. The summed E-state index contributed by atoms with van der Waals surface area (Å²) >= 11 is 0. The molecule has 1 aromatic rings. The fourth-order valence-electron chi connectivity index (χ4n) is 2.91. The molecule has 0 radical (unpaired) electrons. The number of hydrogen-bond donors (Lipinski definition) is 2. The van der Waals surface area contributed by atoms with Gasteiger partial charge in [-0.25, -0.2) is 4.79 Å². The van der Waals surface area contributed by atoms with E-state index in [4.69, 9.17) is 4.74 Å². The van der Waals surface area contributed by atoms with Crippen molar-refractivity contribution in [3.05, 3.63) is 35.9 Å². The summed E-state index contributed by atoms with van der Waals surface area (Å²) in [5.74, 6) is -0.267. The van der Waals surface area contributed by atoms with Crippen molar-refractivity contribution in [2.75, 3.05) is 0 Å². The number of esters is 1. The summed E-state index contributed by atoms with van der Waals surface area (Å²) in [6, 6.07) is 9.40. The molecule has 2 aliphatic rings. The highest BCUT2D eigenvalue weighted by atomic mass is 16.5. The van der Waals surface area contributed by atoms with Crippen molar-refractivity contribution in [3.63, 3.8) is 0 Å². The number of hydrogen-bond acceptors (Lipinski definition) is 4. The van der Waals surface area contributed by atoms with E-state index < -0.39 is 0 Å². The molecule has 2 bridgehead atoms. The molecule has 2 N–H and O–H groups in total. The number of carbonyl (C=O) groups excluding carboxylic acids is 1. The Labute approximate surface area is 106 Å². The van der Waals surface area contributed by atoms with Crippen LogP contribution in [-0.4, -0.2) is 35.4 Å². The molecular weight excluding hydrogens is 230 g/mol. The zero-order chi connectivity index (χ0) is 12.5. The zero-order valence-electron chi connectivity index (χ0n) is 10.1. The first-order valence-electron chi connectivity index (χ1n) is 6.42. The second-order valence-corrected chi connectivity index (χ2v) is 5.14. The summed E-state index contributed by atoms with van der Waals surface area (Å²) in [6.07, 6.45) is 1.90. The van der Waals surface area contributed by atoms with Crippen molar-refractivity contribution in [1.29, 1.82) is 0 Å². The smallest absolute Gasteiger partial charge is 0.338 e. The summed E-state index contributed by atoms with van der Waals surface area (Å²) < 4.78 is 5.52. The quantitative estimate of drug-likeness (QED) is 0.768. The Morgan fingerprint density at radius 1 is 1.22 bits per heavy atom. The van der Waals surface area contributed by atoms with Gasteiger partial charge in [0.2, 0.25) is 0 Å². The first-order chi connectivity index (χ1) is 8.72. The summed E-state index contributed by atoms with van der Waals surface area (Å²) in [5.41, 5.74) is 0.587. The summed E-state index contributed by atoms with van der Waals surface area (Å²) in [5, 5.41) is 13.1. The molecule has 0 saturated carbocycles. The Hall–Kier alpha value is -1.39. The molecule has 2 aliphatic heterocycles. The molecule has 2 heterocycles. The lowest BCUT2D eigenvalue weighted by Crippen LogP contribution is -2.44. The van der Waals surface area contributed by atoms with Crippen molar-refractivity contribution in [2.45, 2.75) is 43.6 Å². The van der Waals surface area contributed by atoms with Gasteiger partial charge in [-0.05, 0) is 25.0 Å². The Morgan fingerprint density at radius 3 is 2.72 bits per heavy atom. The standard InChI is InChI=1S/C14H17NO3/c16-13-7-10-6-11(8-12(13)15-10)18-14(17)9-4-2-1-3-5-9/h1-5,10-13,15-16H,6-8H2. The molecule has 4 unspecified atom stereocenters. The maximum absolute atomic E-state index is 11.9. The van der Waals surface area contributed by atoms with Crippen LogP contribution in [0.15, 0.2) is 30.3 Å². The predicted molar refractivity (Wildman–Crippen MR) is 66.2 cm³/mol. The molecule has 0 aliphatic carbocycles. The Kier molecular flexibility index (Phi) is 3.06. The number of aliphatic hydroxyl groups excluding tert-OH is 1. The predicted octanol–water partition coefficient (Wildman–Crippen LogP) is 1.10. The van der Waals surface area contributed by atoms with Gasteiger partial charge in [-0.3, -0.25) is 0 Å². The summed E-state index contributed by atoms with van der Waals surface area (Å²) in [7, 11) is 0. The van der Waals surface area contributed by atoms with Crippen LogP contribution >= 0.6 is 0 Å². The highest BCUT2D eigenvalue weighted by Gasteiger charge is 2.40. The Bertz CT molecular complexity index is 432. The Morgan fingerprint density at radius 2 is 2.00 bits per heavy atom. The van der Waals surface area contributed by atoms with Crippen molar-refractivity contribution in [3.8, 4) is 0 Å². The van der Waals surface area contributed by atoms with Crippen LogP contribution in [0.3, 0.4) is 0 Å². The van der Waals surface area contributed by atoms with Gasteiger partial charge in [0.15, 0.2) is 0 Å². The topological polar surface area (TPSA) is 58.6 Å². The third kappa shape index (κ3) is 2.26. The minimum Gasteiger partial charge on any atom is -0.459 e. The Balaban J connectivity index is 1.63. The van der Waals surface area contributed by atoms with Gasteiger partial charge < -0.3 is 15.2 Å². The molecule has 2 fully saturated rings. The summed E-state index contributed by atoms with van der Waals surface area (Å²) in [6.45, 7) is 0. The van der Waals surface area contributed by atoms with E-state index in [0.29, 0.717) is 12.0 Å². The number of carbonyl (C=O) groups is 1. The molecule has 96 valence electrons. The van der Waals surface area contributed by atoms with Gasteiger partial charge in [-0.15, -0.1) is 0 Å². The van der Waals surface area contributed by atoms with E-state index >= 15 is 0 Å². The second kappa shape index (κ2) is 4.71. The highest BCUT2D eigenvalue weighted by Crippen LogP contribution is 2.29. The van der Waals surface area contributed by atoms with Crippen LogP contribution < -0.4 is 5.32 Å². The van der Waals surface area contributed by atoms with Crippen LogP contribution in [-0.2, 0) is 4.74 Å². The second-order valence-electron chi connectivity index (χ2n) is 5.14. The van der Waals surface area contributed by atoms with Gasteiger partial charge in [0, 0.05) is 18.5 Å². The minimum absolute atomic E-state index is 0.0777. The molecular formula is C14H17NO3. The third-order valence-corrected chi connectivity index (χ3v) is 3.79. The van der Waals surface area contributed by atoms with Gasteiger partial charge in [-0.2, -0.15) is 0 Å². The average molecular weight is 247 g/mol. The largest absolute Gasteiger partial charge is 0.459 e. The van der Waals surface area contributed by atoms with Crippen molar-refractivity contribution < 1.29 is 14.6 Å². The van der Waals surface area contributed by atoms with Gasteiger partial charge in [0.25, 0.3) is 0 Å². The number of benzene rings is 1. The SMILES string of the molecule is O=C(OC1CC2CC(O)C(C1)N2)c1ccccc1.